The van der Waals surface area contributed by atoms with Gasteiger partial charge in [0.1, 0.15) is 5.75 Å². The van der Waals surface area contributed by atoms with Crippen molar-refractivity contribution < 1.29 is 14.3 Å². The maximum Gasteiger partial charge on any atom is 0.265 e. The molecule has 1 atom stereocenters. The highest BCUT2D eigenvalue weighted by Crippen LogP contribution is 2.31. The van der Waals surface area contributed by atoms with Crippen molar-refractivity contribution in [2.45, 2.75) is 19.3 Å². The third kappa shape index (κ3) is 3.84. The maximum absolute atomic E-state index is 12.3. The van der Waals surface area contributed by atoms with Gasteiger partial charge in [0.15, 0.2) is 6.61 Å². The molecule has 0 radical (unpaired) electrons. The second kappa shape index (κ2) is 7.98. The number of carbonyl (C=O) groups is 2. The molecule has 0 saturated carbocycles. The number of anilines is 1. The molecular formula is C21H21N3O3S. The number of thiazole rings is 1. The highest BCUT2D eigenvalue weighted by molar-refractivity contribution is 7.18. The van der Waals surface area contributed by atoms with E-state index in [-0.39, 0.29) is 30.8 Å². The number of nitrogens with one attached hydrogen (secondary N) is 1. The van der Waals surface area contributed by atoms with Gasteiger partial charge in [-0.1, -0.05) is 31.2 Å². The summed E-state index contributed by atoms with van der Waals surface area (Å²) in [5.41, 5.74) is 1.71. The van der Waals surface area contributed by atoms with Gasteiger partial charge in [-0.3, -0.25) is 9.59 Å². The topological polar surface area (TPSA) is 71.5 Å². The van der Waals surface area contributed by atoms with E-state index in [2.05, 4.69) is 23.3 Å². The Morgan fingerprint density at radius 3 is 2.89 bits per heavy atom. The number of benzene rings is 2. The Labute approximate surface area is 167 Å². The summed E-state index contributed by atoms with van der Waals surface area (Å²) in [5.74, 6) is 0.595. The van der Waals surface area contributed by atoms with Crippen molar-refractivity contribution in [3.63, 3.8) is 0 Å². The molecule has 28 heavy (non-hydrogen) atoms. The number of ether oxygens (including phenoxy) is 1. The van der Waals surface area contributed by atoms with E-state index < -0.39 is 0 Å². The zero-order chi connectivity index (χ0) is 19.5. The molecule has 0 fully saturated rings. The Bertz CT molecular complexity index is 984. The predicted octanol–water partition coefficient (Wildman–Crippen LogP) is 3.33. The standard InChI is InChI=1S/C21H21N3O3S/c1-14(21-23-15-6-2-5-9-18(15)28-21)12-22-19(25)10-11-24-16-7-3-4-8-17(16)27-13-20(24)26/h2-9,14H,10-13H2,1H3,(H,22,25). The van der Waals surface area contributed by atoms with Crippen molar-refractivity contribution in [3.8, 4) is 5.75 Å². The number of carbonyl (C=O) groups excluding carboxylic acids is 2. The minimum Gasteiger partial charge on any atom is -0.482 e. The first-order valence-corrected chi connectivity index (χ1v) is 10.1. The van der Waals surface area contributed by atoms with Crippen LogP contribution in [0.4, 0.5) is 5.69 Å². The molecular weight excluding hydrogens is 374 g/mol. The number of rotatable bonds is 6. The molecule has 0 saturated heterocycles. The Morgan fingerprint density at radius 2 is 2.04 bits per heavy atom. The number of fused-ring (bicyclic) bond motifs is 2. The molecule has 7 heteroatoms. The second-order valence-electron chi connectivity index (χ2n) is 6.78. The van der Waals surface area contributed by atoms with Crippen molar-refractivity contribution in [1.82, 2.24) is 10.3 Å². The number of para-hydroxylation sites is 3. The van der Waals surface area contributed by atoms with Crippen molar-refractivity contribution in [3.05, 3.63) is 53.5 Å². The monoisotopic (exact) mass is 395 g/mol. The van der Waals surface area contributed by atoms with Crippen LogP contribution in [0.15, 0.2) is 48.5 Å². The van der Waals surface area contributed by atoms with E-state index in [1.165, 1.54) is 0 Å². The fraction of sp³-hybridized carbons (Fsp3) is 0.286. The number of amides is 2. The van der Waals surface area contributed by atoms with Gasteiger partial charge >= 0.3 is 0 Å². The summed E-state index contributed by atoms with van der Waals surface area (Å²) >= 11 is 1.66. The average molecular weight is 395 g/mol. The summed E-state index contributed by atoms with van der Waals surface area (Å²) < 4.78 is 6.58. The predicted molar refractivity (Wildman–Crippen MR) is 110 cm³/mol. The fourth-order valence-corrected chi connectivity index (χ4v) is 4.17. The van der Waals surface area contributed by atoms with Crippen LogP contribution in [0.1, 0.15) is 24.3 Å². The number of aromatic nitrogens is 1. The third-order valence-corrected chi connectivity index (χ3v) is 5.98. The third-order valence-electron chi connectivity index (χ3n) is 4.71. The largest absolute Gasteiger partial charge is 0.482 e. The summed E-state index contributed by atoms with van der Waals surface area (Å²) in [4.78, 5) is 30.7. The molecule has 144 valence electrons. The van der Waals surface area contributed by atoms with Crippen LogP contribution >= 0.6 is 11.3 Å². The Balaban J connectivity index is 1.32. The second-order valence-corrected chi connectivity index (χ2v) is 7.84. The van der Waals surface area contributed by atoms with Crippen LogP contribution in [0.2, 0.25) is 0 Å². The van der Waals surface area contributed by atoms with E-state index in [0.717, 1.165) is 20.9 Å². The van der Waals surface area contributed by atoms with Gasteiger partial charge in [-0.05, 0) is 24.3 Å². The maximum atomic E-state index is 12.3. The number of hydrogen-bond acceptors (Lipinski definition) is 5. The van der Waals surface area contributed by atoms with Gasteiger partial charge in [0.05, 0.1) is 20.9 Å². The van der Waals surface area contributed by atoms with Crippen LogP contribution in [0.3, 0.4) is 0 Å². The zero-order valence-corrected chi connectivity index (χ0v) is 16.4. The Kier molecular flexibility index (Phi) is 5.25. The first kappa shape index (κ1) is 18.4. The van der Waals surface area contributed by atoms with Crippen LogP contribution in [0.5, 0.6) is 5.75 Å². The minimum atomic E-state index is -0.130. The summed E-state index contributed by atoms with van der Waals surface area (Å²) in [6.07, 6.45) is 0.243. The molecule has 1 aliphatic heterocycles. The molecule has 2 amide bonds. The van der Waals surface area contributed by atoms with Crippen LogP contribution in [-0.4, -0.2) is 36.5 Å². The molecule has 0 aliphatic carbocycles. The molecule has 1 aliphatic rings. The normalized spacial score (nSPS) is 14.5. The van der Waals surface area contributed by atoms with Gasteiger partial charge in [0.25, 0.3) is 5.91 Å². The summed E-state index contributed by atoms with van der Waals surface area (Å²) in [6, 6.07) is 15.4. The van der Waals surface area contributed by atoms with Crippen LogP contribution < -0.4 is 15.0 Å². The molecule has 0 spiro atoms. The SMILES string of the molecule is CC(CNC(=O)CCN1C(=O)COc2ccccc21)c1nc2ccccc2s1. The van der Waals surface area contributed by atoms with E-state index in [0.29, 0.717) is 18.8 Å². The van der Waals surface area contributed by atoms with Gasteiger partial charge in [0.2, 0.25) is 5.91 Å². The van der Waals surface area contributed by atoms with Crippen molar-refractivity contribution in [1.29, 1.82) is 0 Å². The molecule has 1 unspecified atom stereocenters. The first-order valence-electron chi connectivity index (χ1n) is 9.26. The quantitative estimate of drug-likeness (QED) is 0.695. The lowest BCUT2D eigenvalue weighted by atomic mass is 10.2. The van der Waals surface area contributed by atoms with E-state index in [1.807, 2.05) is 42.5 Å². The first-order chi connectivity index (χ1) is 13.6. The average Bonchev–Trinajstić information content (AvgIpc) is 3.15. The lowest BCUT2D eigenvalue weighted by Gasteiger charge is -2.29. The van der Waals surface area contributed by atoms with E-state index in [9.17, 15) is 9.59 Å². The molecule has 6 nitrogen and oxygen atoms in total. The Hall–Kier alpha value is -2.93. The van der Waals surface area contributed by atoms with E-state index in [4.69, 9.17) is 4.74 Å². The molecule has 1 N–H and O–H groups in total. The summed E-state index contributed by atoms with van der Waals surface area (Å²) in [6.45, 7) is 2.92. The van der Waals surface area contributed by atoms with Gasteiger partial charge < -0.3 is 15.0 Å². The Morgan fingerprint density at radius 1 is 1.25 bits per heavy atom. The minimum absolute atomic E-state index is 0.00722. The highest BCUT2D eigenvalue weighted by Gasteiger charge is 2.25. The van der Waals surface area contributed by atoms with Gasteiger partial charge in [-0.15, -0.1) is 11.3 Å². The highest BCUT2D eigenvalue weighted by atomic mass is 32.1. The molecule has 1 aromatic heterocycles. The molecule has 2 heterocycles. The lowest BCUT2D eigenvalue weighted by molar-refractivity contribution is -0.122. The van der Waals surface area contributed by atoms with Crippen LogP contribution in [0.25, 0.3) is 10.2 Å². The van der Waals surface area contributed by atoms with Crippen molar-refractivity contribution in [2.24, 2.45) is 0 Å². The number of hydrogen-bond donors (Lipinski definition) is 1. The fourth-order valence-electron chi connectivity index (χ4n) is 3.16. The smallest absolute Gasteiger partial charge is 0.265 e. The van der Waals surface area contributed by atoms with Gasteiger partial charge in [0, 0.05) is 25.4 Å². The molecule has 4 rings (SSSR count). The molecule has 0 bridgehead atoms. The van der Waals surface area contributed by atoms with Crippen LogP contribution in [0, 0.1) is 0 Å². The van der Waals surface area contributed by atoms with Crippen LogP contribution in [-0.2, 0) is 9.59 Å². The van der Waals surface area contributed by atoms with Crippen molar-refractivity contribution in [2.75, 3.05) is 24.6 Å². The molecule has 2 aromatic carbocycles. The summed E-state index contributed by atoms with van der Waals surface area (Å²) in [5, 5.41) is 3.97. The molecule has 3 aromatic rings. The summed E-state index contributed by atoms with van der Waals surface area (Å²) in [7, 11) is 0. The van der Waals surface area contributed by atoms with Gasteiger partial charge in [-0.2, -0.15) is 0 Å². The number of nitrogens with zero attached hydrogens (tertiary/aromatic N) is 2. The zero-order valence-electron chi connectivity index (χ0n) is 15.6. The van der Waals surface area contributed by atoms with E-state index in [1.54, 1.807) is 16.2 Å². The lowest BCUT2D eigenvalue weighted by Crippen LogP contribution is -2.41. The van der Waals surface area contributed by atoms with E-state index >= 15 is 0 Å². The van der Waals surface area contributed by atoms with Gasteiger partial charge in [-0.25, -0.2) is 4.98 Å². The van der Waals surface area contributed by atoms with Crippen molar-refractivity contribution >= 4 is 39.1 Å².